The number of ether oxygens (including phenoxy) is 1. The molecule has 116 valence electrons. The van der Waals surface area contributed by atoms with E-state index in [1.165, 1.54) is 7.11 Å². The lowest BCUT2D eigenvalue weighted by Gasteiger charge is -2.20. The molecule has 0 aliphatic carbocycles. The Balaban J connectivity index is 2.09. The van der Waals surface area contributed by atoms with Crippen LogP contribution in [0.5, 0.6) is 0 Å². The summed E-state index contributed by atoms with van der Waals surface area (Å²) in [5.41, 5.74) is 0.912. The van der Waals surface area contributed by atoms with Crippen molar-refractivity contribution in [2.45, 2.75) is 25.0 Å². The van der Waals surface area contributed by atoms with Crippen LogP contribution in [0.4, 0.5) is 0 Å². The van der Waals surface area contributed by atoms with E-state index in [2.05, 4.69) is 0 Å². The van der Waals surface area contributed by atoms with Crippen LogP contribution in [0, 0.1) is 0 Å². The zero-order chi connectivity index (χ0) is 15.5. The maximum absolute atomic E-state index is 12.4. The van der Waals surface area contributed by atoms with Gasteiger partial charge in [0.25, 0.3) is 0 Å². The Morgan fingerprint density at radius 2 is 2.05 bits per heavy atom. The van der Waals surface area contributed by atoms with E-state index in [1.807, 2.05) is 30.3 Å². The SMILES string of the molecule is COC1CC(C(=O)O)N(S(=O)(=O)CCc2ccccc2)C1. The van der Waals surface area contributed by atoms with Gasteiger partial charge in [-0.15, -0.1) is 0 Å². The second kappa shape index (κ2) is 6.55. The molecule has 2 unspecified atom stereocenters. The van der Waals surface area contributed by atoms with Crippen molar-refractivity contribution in [3.8, 4) is 0 Å². The molecule has 1 heterocycles. The Morgan fingerprint density at radius 1 is 1.38 bits per heavy atom. The minimum Gasteiger partial charge on any atom is -0.480 e. The Kier molecular flexibility index (Phi) is 4.97. The van der Waals surface area contributed by atoms with Gasteiger partial charge in [-0.1, -0.05) is 30.3 Å². The maximum Gasteiger partial charge on any atom is 0.322 e. The van der Waals surface area contributed by atoms with Gasteiger partial charge < -0.3 is 9.84 Å². The van der Waals surface area contributed by atoms with E-state index >= 15 is 0 Å². The van der Waals surface area contributed by atoms with Crippen molar-refractivity contribution in [2.24, 2.45) is 0 Å². The molecule has 2 rings (SSSR count). The molecule has 1 N–H and O–H groups in total. The molecular weight excluding hydrogens is 294 g/mol. The van der Waals surface area contributed by atoms with Crippen LogP contribution < -0.4 is 0 Å². The summed E-state index contributed by atoms with van der Waals surface area (Å²) >= 11 is 0. The fourth-order valence-corrected chi connectivity index (χ4v) is 4.17. The van der Waals surface area contributed by atoms with Crippen molar-refractivity contribution in [1.29, 1.82) is 0 Å². The molecular formula is C14H19NO5S. The predicted molar refractivity (Wildman–Crippen MR) is 77.5 cm³/mol. The van der Waals surface area contributed by atoms with Gasteiger partial charge in [0, 0.05) is 20.1 Å². The summed E-state index contributed by atoms with van der Waals surface area (Å²) in [6.45, 7) is 0.102. The number of carboxylic acid groups (broad SMARTS) is 1. The number of rotatable bonds is 6. The smallest absolute Gasteiger partial charge is 0.322 e. The molecule has 1 aliphatic heterocycles. The third kappa shape index (κ3) is 3.81. The van der Waals surface area contributed by atoms with Gasteiger partial charge in [0.05, 0.1) is 11.9 Å². The third-order valence-electron chi connectivity index (χ3n) is 3.68. The fourth-order valence-electron chi connectivity index (χ4n) is 2.48. The summed E-state index contributed by atoms with van der Waals surface area (Å²) in [7, 11) is -2.16. The van der Waals surface area contributed by atoms with Crippen molar-refractivity contribution in [1.82, 2.24) is 4.31 Å². The first-order chi connectivity index (χ1) is 9.94. The lowest BCUT2D eigenvalue weighted by Crippen LogP contribution is -2.42. The first-order valence-corrected chi connectivity index (χ1v) is 8.34. The first kappa shape index (κ1) is 15.9. The Bertz CT molecular complexity index is 587. The Hall–Kier alpha value is -1.44. The number of aliphatic carboxylic acids is 1. The number of benzene rings is 1. The number of hydrogen-bond acceptors (Lipinski definition) is 4. The summed E-state index contributed by atoms with van der Waals surface area (Å²) in [6, 6.07) is 8.23. The van der Waals surface area contributed by atoms with Crippen LogP contribution in [0.3, 0.4) is 0 Å². The highest BCUT2D eigenvalue weighted by atomic mass is 32.2. The van der Waals surface area contributed by atoms with Gasteiger partial charge in [-0.25, -0.2) is 8.42 Å². The van der Waals surface area contributed by atoms with Crippen molar-refractivity contribution >= 4 is 16.0 Å². The largest absolute Gasteiger partial charge is 0.480 e. The summed E-state index contributed by atoms with van der Waals surface area (Å²) in [5.74, 6) is -1.23. The minimum absolute atomic E-state index is 0.1000. The highest BCUT2D eigenvalue weighted by molar-refractivity contribution is 7.89. The molecule has 6 nitrogen and oxygen atoms in total. The first-order valence-electron chi connectivity index (χ1n) is 6.73. The number of carbonyl (C=O) groups is 1. The normalized spacial score (nSPS) is 23.3. The monoisotopic (exact) mass is 313 g/mol. The molecule has 0 saturated carbocycles. The van der Waals surface area contributed by atoms with E-state index in [0.717, 1.165) is 9.87 Å². The summed E-state index contributed by atoms with van der Waals surface area (Å²) < 4.78 is 31.0. The molecule has 0 aromatic heterocycles. The molecule has 0 bridgehead atoms. The van der Waals surface area contributed by atoms with Crippen LogP contribution in [0.15, 0.2) is 30.3 Å². The molecule has 0 spiro atoms. The van der Waals surface area contributed by atoms with Crippen LogP contribution in [0.2, 0.25) is 0 Å². The summed E-state index contributed by atoms with van der Waals surface area (Å²) in [6.07, 6.45) is 0.192. The zero-order valence-corrected chi connectivity index (χ0v) is 12.6. The Morgan fingerprint density at radius 3 is 2.62 bits per heavy atom. The molecule has 1 aromatic rings. The average molecular weight is 313 g/mol. The predicted octanol–water partition coefficient (Wildman–Crippen LogP) is 0.733. The van der Waals surface area contributed by atoms with E-state index in [1.54, 1.807) is 0 Å². The molecule has 2 atom stereocenters. The van der Waals surface area contributed by atoms with E-state index in [-0.39, 0.29) is 24.8 Å². The lowest BCUT2D eigenvalue weighted by atomic mass is 10.2. The molecule has 0 radical (unpaired) electrons. The van der Waals surface area contributed by atoms with Gasteiger partial charge in [0.1, 0.15) is 6.04 Å². The van der Waals surface area contributed by atoms with Crippen LogP contribution in [0.1, 0.15) is 12.0 Å². The van der Waals surface area contributed by atoms with Crippen LogP contribution in [0.25, 0.3) is 0 Å². The molecule has 7 heteroatoms. The fraction of sp³-hybridized carbons (Fsp3) is 0.500. The van der Waals surface area contributed by atoms with Gasteiger partial charge in [-0.3, -0.25) is 4.79 Å². The molecule has 21 heavy (non-hydrogen) atoms. The van der Waals surface area contributed by atoms with Gasteiger partial charge in [0.15, 0.2) is 0 Å². The van der Waals surface area contributed by atoms with Gasteiger partial charge in [0.2, 0.25) is 10.0 Å². The van der Waals surface area contributed by atoms with E-state index < -0.39 is 22.0 Å². The van der Waals surface area contributed by atoms with Crippen molar-refractivity contribution in [3.63, 3.8) is 0 Å². The number of methoxy groups -OCH3 is 1. The van der Waals surface area contributed by atoms with Crippen LogP contribution in [-0.2, 0) is 26.0 Å². The van der Waals surface area contributed by atoms with Crippen molar-refractivity contribution < 1.29 is 23.1 Å². The van der Waals surface area contributed by atoms with Gasteiger partial charge >= 0.3 is 5.97 Å². The molecule has 1 aromatic carbocycles. The van der Waals surface area contributed by atoms with E-state index in [4.69, 9.17) is 4.74 Å². The van der Waals surface area contributed by atoms with Gasteiger partial charge in [-0.2, -0.15) is 4.31 Å². The molecule has 1 aliphatic rings. The quantitative estimate of drug-likeness (QED) is 0.837. The molecule has 1 fully saturated rings. The zero-order valence-electron chi connectivity index (χ0n) is 11.8. The number of sulfonamides is 1. The lowest BCUT2D eigenvalue weighted by molar-refractivity contribution is -0.140. The van der Waals surface area contributed by atoms with Crippen LogP contribution >= 0.6 is 0 Å². The van der Waals surface area contributed by atoms with E-state index in [0.29, 0.717) is 6.42 Å². The second-order valence-corrected chi connectivity index (χ2v) is 7.11. The second-order valence-electron chi connectivity index (χ2n) is 5.07. The van der Waals surface area contributed by atoms with Crippen molar-refractivity contribution in [3.05, 3.63) is 35.9 Å². The standard InChI is InChI=1S/C14H19NO5S/c1-20-12-9-13(14(16)17)15(10-12)21(18,19)8-7-11-5-3-2-4-6-11/h2-6,12-13H,7-10H2,1H3,(H,16,17). The highest BCUT2D eigenvalue weighted by Crippen LogP contribution is 2.24. The van der Waals surface area contributed by atoms with Crippen LogP contribution in [-0.4, -0.2) is 55.4 Å². The number of aryl methyl sites for hydroxylation is 1. The van der Waals surface area contributed by atoms with E-state index in [9.17, 15) is 18.3 Å². The number of hydrogen-bond donors (Lipinski definition) is 1. The number of nitrogens with zero attached hydrogens (tertiary/aromatic N) is 1. The molecule has 0 amide bonds. The highest BCUT2D eigenvalue weighted by Gasteiger charge is 2.43. The summed E-state index contributed by atoms with van der Waals surface area (Å²) in [4.78, 5) is 11.2. The summed E-state index contributed by atoms with van der Waals surface area (Å²) in [5, 5.41) is 9.18. The number of carboxylic acids is 1. The maximum atomic E-state index is 12.4. The van der Waals surface area contributed by atoms with Gasteiger partial charge in [-0.05, 0) is 12.0 Å². The average Bonchev–Trinajstić information content (AvgIpc) is 2.92. The topological polar surface area (TPSA) is 83.9 Å². The third-order valence-corrected chi connectivity index (χ3v) is 5.52. The Labute approximate surface area is 124 Å². The molecule has 1 saturated heterocycles. The van der Waals surface area contributed by atoms with Crippen molar-refractivity contribution in [2.75, 3.05) is 19.4 Å². The minimum atomic E-state index is -3.62.